The summed E-state index contributed by atoms with van der Waals surface area (Å²) < 4.78 is 120. The molecule has 5 N–H and O–H groups in total. The molecule has 0 spiro atoms. The number of carboxylic acid groups (broad SMARTS) is 1. The summed E-state index contributed by atoms with van der Waals surface area (Å²) in [7, 11) is -3.39. The van der Waals surface area contributed by atoms with Crippen LogP contribution in [0.25, 0.3) is 40.9 Å². The van der Waals surface area contributed by atoms with E-state index in [-0.39, 0.29) is 68.9 Å². The number of ether oxygens (including phenoxy) is 4. The van der Waals surface area contributed by atoms with Gasteiger partial charge in [0.25, 0.3) is 17.3 Å². The first-order valence-corrected chi connectivity index (χ1v) is 38.6. The van der Waals surface area contributed by atoms with Gasteiger partial charge in [-0.1, -0.05) is 30.3 Å². The van der Waals surface area contributed by atoms with Gasteiger partial charge in [0.2, 0.25) is 5.91 Å². The number of anilines is 2. The molecule has 0 aliphatic rings. The fraction of sp³-hybridized carbons (Fsp3) is 0.0896. The molecule has 13 aromatic rings. The fourth-order valence-corrected chi connectivity index (χ4v) is 15.9. The van der Waals surface area contributed by atoms with Crippen LogP contribution in [0.1, 0.15) is 12.5 Å². The third kappa shape index (κ3) is 21.7. The van der Waals surface area contributed by atoms with Crippen molar-refractivity contribution in [3.05, 3.63) is 226 Å². The summed E-state index contributed by atoms with van der Waals surface area (Å²) in [5, 5.41) is 34.1. The number of hydrogen-bond acceptors (Lipinski definition) is 24. The normalized spacial score (nSPS) is 11.5. The molecule has 0 bridgehead atoms. The summed E-state index contributed by atoms with van der Waals surface area (Å²) in [6.07, 6.45) is 13.1. The molecule has 1 amide bonds. The molecular weight excluding hydrogens is 1580 g/mol. The predicted molar refractivity (Wildman–Crippen MR) is 399 cm³/mol. The molecule has 0 fully saturated rings. The maximum atomic E-state index is 14.7. The maximum Gasteiger partial charge on any atom is 0.300 e. The second-order valence-corrected chi connectivity index (χ2v) is 31.1. The molecule has 5 aromatic carbocycles. The van der Waals surface area contributed by atoms with E-state index in [0.717, 1.165) is 49.8 Å². The minimum Gasteiger partial charge on any atom is -0.481 e. The molecule has 3 unspecified atom stereocenters. The number of benzene rings is 5. The third-order valence-electron chi connectivity index (χ3n) is 13.2. The van der Waals surface area contributed by atoms with Gasteiger partial charge in [0.15, 0.2) is 51.4 Å². The van der Waals surface area contributed by atoms with Crippen molar-refractivity contribution in [2.75, 3.05) is 36.1 Å². The summed E-state index contributed by atoms with van der Waals surface area (Å²) >= 11 is 12.1. The molecule has 538 valence electrons. The number of nitrogen functional groups attached to an aromatic ring is 1. The van der Waals surface area contributed by atoms with Crippen LogP contribution in [0.4, 0.5) is 40.3 Å². The monoisotopic (exact) mass is 1630 g/mol. The van der Waals surface area contributed by atoms with E-state index in [1.807, 2.05) is 42.7 Å². The molecule has 104 heavy (non-hydrogen) atoms. The van der Waals surface area contributed by atoms with Gasteiger partial charge >= 0.3 is 0 Å². The van der Waals surface area contributed by atoms with Crippen molar-refractivity contribution in [1.29, 1.82) is 0 Å². The number of nitro benzene ring substituents is 2. The minimum absolute atomic E-state index is 0. The number of non-ortho nitro benzene ring substituents is 2. The van der Waals surface area contributed by atoms with Crippen molar-refractivity contribution in [3.63, 3.8) is 0 Å². The van der Waals surface area contributed by atoms with E-state index in [4.69, 9.17) is 46.8 Å². The number of rotatable bonds is 17. The number of thiophene rings is 4. The summed E-state index contributed by atoms with van der Waals surface area (Å²) in [6, 6.07) is 37.9. The molecule has 0 saturated carbocycles. The van der Waals surface area contributed by atoms with Crippen molar-refractivity contribution in [3.8, 4) is 46.0 Å². The molecule has 13 rings (SSSR count). The van der Waals surface area contributed by atoms with Crippen LogP contribution in [-0.4, -0.2) is 89.5 Å². The summed E-state index contributed by atoms with van der Waals surface area (Å²) in [4.78, 5) is 57.9. The fourth-order valence-electron chi connectivity index (χ4n) is 8.64. The van der Waals surface area contributed by atoms with Gasteiger partial charge in [-0.05, 0) is 84.7 Å². The molecule has 3 atom stereocenters. The standard InChI is InChI=1S/C23H18FN3O3S3.C14H9FN2O4S2.C14H9FN2O3S2.C14H11FN2O2S2.C2H4O2.Fe/c1-33(29)21-13-17-22(32-21)19(9-10-25-17)30-18-8-7-15(12-16(18)24)26-23(31)27-20(28)11-14-5-3-2-4-6-14;1-23(20)13-7-10-14(22-13)12(4-5-16-10)21-11-3-2-8(17(18)19)6-9(11)15;1-21-13-7-10-14(22-13)12(4-5-16-10)20-11-3-2-8(17(18)19)6-9(11)15;1-21(18)13-7-10-14(20-13)12(4-5-17-10)19-11-3-2-8(16)6-9(11)15;1-2(3)4;/h2-10,12-13H,11H2,1H3,(H2,26,27,28,31);2-7H,1H3;2-7H,1H3;2-7H,16H2,1H3;1H3,(H,3,4);. The predicted octanol–water partition coefficient (Wildman–Crippen LogP) is 17.4. The van der Waals surface area contributed by atoms with Crippen LogP contribution in [0.5, 0.6) is 46.0 Å². The number of hydrogen-bond donors (Lipinski definition) is 4. The van der Waals surface area contributed by atoms with Gasteiger partial charge in [0.05, 0.1) is 119 Å². The van der Waals surface area contributed by atoms with E-state index in [1.165, 1.54) is 94.0 Å². The van der Waals surface area contributed by atoms with Crippen molar-refractivity contribution in [2.24, 2.45) is 0 Å². The zero-order valence-corrected chi connectivity index (χ0v) is 62.5. The van der Waals surface area contributed by atoms with E-state index in [2.05, 4.69) is 30.6 Å². The van der Waals surface area contributed by atoms with Crippen LogP contribution in [0.2, 0.25) is 0 Å². The van der Waals surface area contributed by atoms with Gasteiger partial charge in [-0.25, -0.2) is 17.6 Å². The number of nitrogens with two attached hydrogens (primary N) is 1. The number of thioether (sulfide) groups is 1. The number of amides is 1. The van der Waals surface area contributed by atoms with E-state index in [9.17, 15) is 55.2 Å². The molecule has 0 saturated heterocycles. The number of pyridine rings is 4. The van der Waals surface area contributed by atoms with Gasteiger partial charge < -0.3 is 40.4 Å². The average molecular weight is 1630 g/mol. The number of aliphatic carboxylic acids is 1. The Morgan fingerprint density at radius 1 is 0.538 bits per heavy atom. The van der Waals surface area contributed by atoms with Crippen molar-refractivity contribution < 1.29 is 90.7 Å². The number of thiocarbonyl (C=S) groups is 1. The van der Waals surface area contributed by atoms with Gasteiger partial charge in [-0.3, -0.25) is 62.4 Å². The number of nitro groups is 2. The summed E-state index contributed by atoms with van der Waals surface area (Å²) in [5.74, 6) is -2.22. The number of carboxylic acids is 1. The minimum atomic E-state index is -1.16. The molecule has 0 aliphatic carbocycles. The largest absolute Gasteiger partial charge is 0.481 e. The van der Waals surface area contributed by atoms with E-state index in [0.29, 0.717) is 73.0 Å². The van der Waals surface area contributed by atoms with E-state index < -0.39 is 71.5 Å². The number of nitrogens with zero attached hydrogens (tertiary/aromatic N) is 6. The quantitative estimate of drug-likeness (QED) is 0.0125. The summed E-state index contributed by atoms with van der Waals surface area (Å²) in [5.41, 5.74) is 9.09. The van der Waals surface area contributed by atoms with Crippen LogP contribution in [-0.2, 0) is 65.5 Å². The Hall–Kier alpha value is -9.79. The second kappa shape index (κ2) is 37.1. The molecule has 0 radical (unpaired) electrons. The second-order valence-electron chi connectivity index (χ2n) is 20.6. The molecule has 8 aromatic heterocycles. The number of nitrogens with one attached hydrogen (secondary N) is 2. The number of carbonyl (C=O) groups is 2. The molecule has 23 nitrogen and oxygen atoms in total. The molecule has 0 aliphatic heterocycles. The van der Waals surface area contributed by atoms with Gasteiger partial charge in [-0.15, -0.1) is 57.1 Å². The molecular formula is C67H51F4FeN9O14S9. The Bertz CT molecular complexity index is 5420. The van der Waals surface area contributed by atoms with Crippen LogP contribution in [0, 0.1) is 43.5 Å². The van der Waals surface area contributed by atoms with Gasteiger partial charge in [0.1, 0.15) is 23.0 Å². The van der Waals surface area contributed by atoms with Crippen LogP contribution in [0.15, 0.2) is 193 Å². The molecule has 37 heteroatoms. The smallest absolute Gasteiger partial charge is 0.300 e. The SMILES string of the molecule is CC(=O)O.CS(=O)c1cc2nccc(Oc3ccc(N)cc3F)c2s1.CS(=O)c1cc2nccc(Oc3ccc(NC(=S)NC(=O)Cc4ccccc4)cc3F)c2s1.CS(=O)c1cc2nccc(Oc3ccc([N+](=O)[O-])cc3F)c2s1.CSc1cc2nccc(Oc3ccc([N+](=O)[O-])cc3F)c2s1.[Fe]. The average Bonchev–Trinajstić information content (AvgIpc) is 1.62. The van der Waals surface area contributed by atoms with Crippen molar-refractivity contribution >= 4 is 182 Å². The zero-order valence-electron chi connectivity index (χ0n) is 54.0. The van der Waals surface area contributed by atoms with E-state index in [1.54, 1.807) is 104 Å². The van der Waals surface area contributed by atoms with Crippen molar-refractivity contribution in [1.82, 2.24) is 25.3 Å². The Balaban J connectivity index is 0.000000175. The Kier molecular flexibility index (Phi) is 28.5. The maximum absolute atomic E-state index is 14.7. The summed E-state index contributed by atoms with van der Waals surface area (Å²) in [6.45, 7) is 1.08. The van der Waals surface area contributed by atoms with Gasteiger partial charge in [-0.2, -0.15) is 0 Å². The van der Waals surface area contributed by atoms with Crippen molar-refractivity contribution in [2.45, 2.75) is 30.2 Å². The Labute approximate surface area is 631 Å². The van der Waals surface area contributed by atoms with E-state index >= 15 is 0 Å². The topological polar surface area (TPSA) is 330 Å². The number of carbonyl (C=O) groups excluding carboxylic acids is 1. The number of aromatic nitrogens is 4. The first-order chi connectivity index (χ1) is 49.2. The first kappa shape index (κ1) is 79.9. The zero-order chi connectivity index (χ0) is 74.2. The number of halogens is 4. The third-order valence-corrected chi connectivity index (χ3v) is 23.3. The number of fused-ring (bicyclic) bond motifs is 4. The van der Waals surface area contributed by atoms with Crippen LogP contribution in [0.3, 0.4) is 0 Å². The van der Waals surface area contributed by atoms with Gasteiger partial charge in [0, 0.05) is 127 Å². The van der Waals surface area contributed by atoms with Crippen LogP contribution < -0.4 is 35.3 Å². The first-order valence-electron chi connectivity index (χ1n) is 29.1. The Morgan fingerprint density at radius 2 is 0.894 bits per heavy atom. The van der Waals surface area contributed by atoms with Crippen LogP contribution >= 0.6 is 69.3 Å². The Morgan fingerprint density at radius 3 is 1.25 bits per heavy atom. The molecule has 8 heterocycles.